The van der Waals surface area contributed by atoms with Gasteiger partial charge in [0.1, 0.15) is 5.54 Å². The third kappa shape index (κ3) is 7.08. The zero-order chi connectivity index (χ0) is 40.8. The Morgan fingerprint density at radius 2 is 1.60 bits per heavy atom. The van der Waals surface area contributed by atoms with Gasteiger partial charge in [-0.2, -0.15) is 0 Å². The predicted octanol–water partition coefficient (Wildman–Crippen LogP) is 7.12. The fraction of sp³-hybridized carbons (Fsp3) is 0.400. The van der Waals surface area contributed by atoms with E-state index in [0.29, 0.717) is 24.5 Å². The minimum absolute atomic E-state index is 0.0932. The quantitative estimate of drug-likeness (QED) is 0.122. The topological polar surface area (TPSA) is 106 Å². The van der Waals surface area contributed by atoms with Crippen molar-refractivity contribution in [2.45, 2.75) is 75.2 Å². The minimum Gasteiger partial charge on any atom is -0.395 e. The fourth-order valence-corrected chi connectivity index (χ4v) is 12.9. The van der Waals surface area contributed by atoms with E-state index in [1.54, 1.807) is 22.9 Å². The summed E-state index contributed by atoms with van der Waals surface area (Å²) in [5, 5.41) is 13.3. The number of anilines is 3. The van der Waals surface area contributed by atoms with Gasteiger partial charge in [-0.25, -0.2) is 0 Å². The van der Waals surface area contributed by atoms with E-state index in [1.807, 2.05) is 103 Å². The summed E-state index contributed by atoms with van der Waals surface area (Å²) in [6.45, 7) is 7.56. The van der Waals surface area contributed by atoms with Gasteiger partial charge in [-0.1, -0.05) is 83.5 Å². The van der Waals surface area contributed by atoms with Crippen LogP contribution in [0.4, 0.5) is 21.2 Å². The number of carbonyl (C=O) groups excluding carboxylic acids is 3. The average Bonchev–Trinajstić information content (AvgIpc) is 3.76. The van der Waals surface area contributed by atoms with Gasteiger partial charge in [-0.3, -0.25) is 19.3 Å². The fourth-order valence-electron chi connectivity index (χ4n) is 10.0. The number of rotatable bonds is 11. The summed E-state index contributed by atoms with van der Waals surface area (Å²) in [6.07, 6.45) is 0.474. The molecule has 2 N–H and O–H groups in total. The smallest absolute Gasteiger partial charge is 0.264 e. The van der Waals surface area contributed by atoms with E-state index in [2.05, 4.69) is 38.3 Å². The van der Waals surface area contributed by atoms with Crippen LogP contribution in [0, 0.1) is 5.92 Å². The van der Waals surface area contributed by atoms with Crippen molar-refractivity contribution in [3.05, 3.63) is 124 Å². The Hall–Kier alpha value is -4.40. The highest BCUT2D eigenvalue weighted by Crippen LogP contribution is 2.60. The highest BCUT2D eigenvalue weighted by molar-refractivity contribution is 9.10. The lowest BCUT2D eigenvalue weighted by atomic mass is 9.82. The lowest BCUT2D eigenvalue weighted by Gasteiger charge is -2.39. The Kier molecular flexibility index (Phi) is 11.1. The molecule has 58 heavy (non-hydrogen) atoms. The number of fused-ring (bicyclic) bond motifs is 2. The van der Waals surface area contributed by atoms with Crippen molar-refractivity contribution < 1.29 is 28.3 Å². The number of benzene rings is 4. The molecule has 0 radical (unpaired) electrons. The van der Waals surface area contributed by atoms with Crippen molar-refractivity contribution in [1.82, 2.24) is 10.2 Å². The molecule has 304 valence electrons. The van der Waals surface area contributed by atoms with Gasteiger partial charge in [0, 0.05) is 46.0 Å². The van der Waals surface area contributed by atoms with Gasteiger partial charge >= 0.3 is 0 Å². The zero-order valence-electron chi connectivity index (χ0n) is 33.2. The van der Waals surface area contributed by atoms with E-state index in [0.717, 1.165) is 52.9 Å². The summed E-state index contributed by atoms with van der Waals surface area (Å²) in [4.78, 5) is 50.7. The van der Waals surface area contributed by atoms with Crippen LogP contribution in [0.25, 0.3) is 0 Å². The molecule has 4 aliphatic rings. The summed E-state index contributed by atoms with van der Waals surface area (Å²) in [7, 11) is -3.53. The highest BCUT2D eigenvalue weighted by Gasteiger charge is 2.67. The summed E-state index contributed by atoms with van der Waals surface area (Å²) in [5.74, 6) is -1.02. The molecule has 3 saturated heterocycles. The number of hydrogen-bond donors (Lipinski definition) is 2. The Morgan fingerprint density at radius 3 is 2.26 bits per heavy atom. The molecule has 0 bridgehead atoms. The standard InChI is InChI=1S/C45H51BrFN5O5Si/c1-31-41(58(2,3)47)39(27-40(54)49(24-25-53)28-32-10-6-4-7-11-32)57-45(31)37-26-34(46)16-19-38(37)50(43(45)56)29-33-14-17-35(18-15-33)51-30-52(36-12-8-5-9-13-36)44(42(51)55)20-22-48-23-21-44/h4-19,26,31,39,41,48,53H,20-25,27-30H2,1-3H3/t31-,39+,41-,45+/m0/s1. The number of ether oxygens (including phenoxy) is 1. The summed E-state index contributed by atoms with van der Waals surface area (Å²) < 4.78 is 24.2. The number of halogens is 2. The zero-order valence-corrected chi connectivity index (χ0v) is 35.8. The first-order valence-corrected chi connectivity index (χ1v) is 24.0. The lowest BCUT2D eigenvalue weighted by Crippen LogP contribution is -2.55. The molecule has 3 fully saturated rings. The molecule has 0 saturated carbocycles. The molecule has 2 spiro atoms. The van der Waals surface area contributed by atoms with Gasteiger partial charge in [0.2, 0.25) is 14.3 Å². The van der Waals surface area contributed by atoms with Gasteiger partial charge in [-0.05, 0) is 92.6 Å². The molecule has 4 atom stereocenters. The number of hydrogen-bond acceptors (Lipinski definition) is 7. The van der Waals surface area contributed by atoms with Crippen LogP contribution in [0.1, 0.15) is 42.9 Å². The van der Waals surface area contributed by atoms with Crippen LogP contribution in [0.5, 0.6) is 0 Å². The Bertz CT molecular complexity index is 2150. The molecule has 4 aliphatic heterocycles. The normalized spacial score (nSPS) is 24.0. The van der Waals surface area contributed by atoms with Crippen LogP contribution in [-0.4, -0.2) is 80.7 Å². The van der Waals surface area contributed by atoms with Crippen molar-refractivity contribution in [3.63, 3.8) is 0 Å². The lowest BCUT2D eigenvalue weighted by molar-refractivity contribution is -0.150. The molecule has 4 heterocycles. The van der Waals surface area contributed by atoms with Crippen LogP contribution in [0.2, 0.25) is 18.6 Å². The SMILES string of the molecule is C[C@H]1[C@H]([Si](C)(C)F)[C@@H](CC(=O)N(CCO)Cc2ccccc2)O[C@]12C(=O)N(Cc1ccc(N3CN(c4ccccc4)C4(CCNCC4)C3=O)cc1)c1ccc(Br)cc12. The largest absolute Gasteiger partial charge is 0.395 e. The second kappa shape index (κ2) is 16.0. The highest BCUT2D eigenvalue weighted by atomic mass is 79.9. The van der Waals surface area contributed by atoms with E-state index in [-0.39, 0.29) is 43.8 Å². The molecule has 3 amide bonds. The molecular weight excluding hydrogens is 818 g/mol. The number of amides is 3. The first-order valence-electron chi connectivity index (χ1n) is 20.2. The van der Waals surface area contributed by atoms with Crippen LogP contribution in [-0.2, 0) is 37.8 Å². The monoisotopic (exact) mass is 867 g/mol. The number of carbonyl (C=O) groups is 3. The molecule has 0 aliphatic carbocycles. The number of nitrogens with one attached hydrogen (secondary N) is 1. The van der Waals surface area contributed by atoms with Crippen molar-refractivity contribution in [1.29, 1.82) is 0 Å². The van der Waals surface area contributed by atoms with Gasteiger partial charge < -0.3 is 34.0 Å². The maximum Gasteiger partial charge on any atom is 0.264 e. The van der Waals surface area contributed by atoms with Crippen molar-refractivity contribution in [2.24, 2.45) is 5.92 Å². The molecule has 4 aromatic carbocycles. The van der Waals surface area contributed by atoms with Crippen LogP contribution in [0.15, 0.2) is 108 Å². The van der Waals surface area contributed by atoms with Gasteiger partial charge in [0.05, 0.1) is 38.0 Å². The number of piperidine rings is 1. The van der Waals surface area contributed by atoms with Crippen molar-refractivity contribution in [3.8, 4) is 0 Å². The summed E-state index contributed by atoms with van der Waals surface area (Å²) in [6, 6.07) is 33.2. The van der Waals surface area contributed by atoms with Crippen LogP contribution < -0.4 is 20.0 Å². The molecule has 8 rings (SSSR count). The molecule has 13 heteroatoms. The average molecular weight is 869 g/mol. The van der Waals surface area contributed by atoms with Crippen molar-refractivity contribution in [2.75, 3.05) is 47.6 Å². The molecule has 10 nitrogen and oxygen atoms in total. The van der Waals surface area contributed by atoms with Crippen LogP contribution in [0.3, 0.4) is 0 Å². The van der Waals surface area contributed by atoms with Crippen LogP contribution >= 0.6 is 15.9 Å². The van der Waals surface area contributed by atoms with E-state index in [4.69, 9.17) is 4.74 Å². The second-order valence-electron chi connectivity index (χ2n) is 16.6. The first kappa shape index (κ1) is 40.4. The third-order valence-electron chi connectivity index (χ3n) is 12.8. The molecule has 4 aromatic rings. The molecule has 0 aromatic heterocycles. The minimum atomic E-state index is -3.53. The first-order chi connectivity index (χ1) is 27.9. The molecule has 0 unspecified atom stereocenters. The summed E-state index contributed by atoms with van der Waals surface area (Å²) >= 11 is 3.62. The third-order valence-corrected chi connectivity index (χ3v) is 15.7. The Labute approximate surface area is 349 Å². The Morgan fingerprint density at radius 1 is 0.931 bits per heavy atom. The van der Waals surface area contributed by atoms with E-state index in [1.165, 1.54) is 0 Å². The van der Waals surface area contributed by atoms with Gasteiger partial charge in [0.15, 0.2) is 5.60 Å². The number of aliphatic hydroxyl groups is 1. The van der Waals surface area contributed by atoms with Gasteiger partial charge in [-0.15, -0.1) is 0 Å². The second-order valence-corrected chi connectivity index (χ2v) is 21.3. The van der Waals surface area contributed by atoms with Gasteiger partial charge in [0.25, 0.3) is 11.8 Å². The number of para-hydroxylation sites is 1. The van der Waals surface area contributed by atoms with Crippen molar-refractivity contribution >= 4 is 59.1 Å². The number of nitrogens with zero attached hydrogens (tertiary/aromatic N) is 4. The molecular formula is C45H51BrFN5O5Si. The van der Waals surface area contributed by atoms with E-state index >= 15 is 8.90 Å². The predicted molar refractivity (Wildman–Crippen MR) is 229 cm³/mol. The van der Waals surface area contributed by atoms with E-state index < -0.39 is 37.1 Å². The maximum absolute atomic E-state index is 16.6. The maximum atomic E-state index is 16.6. The Balaban J connectivity index is 1.06. The summed E-state index contributed by atoms with van der Waals surface area (Å²) in [5.41, 5.74) is 2.15. The number of aliphatic hydroxyl groups excluding tert-OH is 1. The van der Waals surface area contributed by atoms with E-state index in [9.17, 15) is 14.7 Å².